The molecule has 0 radical (unpaired) electrons. The van der Waals surface area contributed by atoms with Gasteiger partial charge in [-0.2, -0.15) is 0 Å². The standard InChI is InChI=1S/C8H12N2.2ClH/c1-6-3-2-4-8(10)7(6)5-9;;/h2-4H,5,9-10H2,1H3;2*1H. The quantitative estimate of drug-likeness (QED) is 0.694. The zero-order valence-corrected chi connectivity index (χ0v) is 8.54. The van der Waals surface area contributed by atoms with E-state index in [2.05, 4.69) is 0 Å². The Morgan fingerprint density at radius 2 is 1.83 bits per heavy atom. The van der Waals surface area contributed by atoms with Crippen molar-refractivity contribution in [2.24, 2.45) is 5.73 Å². The fourth-order valence-electron chi connectivity index (χ4n) is 1.00. The number of benzene rings is 1. The minimum Gasteiger partial charge on any atom is -0.398 e. The largest absolute Gasteiger partial charge is 0.398 e. The average molecular weight is 209 g/mol. The van der Waals surface area contributed by atoms with Crippen molar-refractivity contribution in [1.82, 2.24) is 0 Å². The molecule has 1 aromatic rings. The van der Waals surface area contributed by atoms with Gasteiger partial charge in [-0.05, 0) is 24.1 Å². The summed E-state index contributed by atoms with van der Waals surface area (Å²) in [5, 5.41) is 0. The van der Waals surface area contributed by atoms with Crippen LogP contribution in [0.1, 0.15) is 11.1 Å². The second-order valence-corrected chi connectivity index (χ2v) is 2.35. The van der Waals surface area contributed by atoms with E-state index in [1.54, 1.807) is 0 Å². The number of hydrogen-bond donors (Lipinski definition) is 2. The zero-order chi connectivity index (χ0) is 7.56. The number of hydrogen-bond acceptors (Lipinski definition) is 2. The zero-order valence-electron chi connectivity index (χ0n) is 6.91. The molecule has 0 aromatic heterocycles. The summed E-state index contributed by atoms with van der Waals surface area (Å²) in [5.74, 6) is 0. The van der Waals surface area contributed by atoms with Gasteiger partial charge in [0, 0.05) is 12.2 Å². The molecule has 0 bridgehead atoms. The van der Waals surface area contributed by atoms with E-state index >= 15 is 0 Å². The van der Waals surface area contributed by atoms with Crippen molar-refractivity contribution in [3.8, 4) is 0 Å². The second-order valence-electron chi connectivity index (χ2n) is 2.35. The van der Waals surface area contributed by atoms with Crippen LogP contribution in [0.4, 0.5) is 5.69 Å². The molecular weight excluding hydrogens is 195 g/mol. The van der Waals surface area contributed by atoms with Crippen LogP contribution in [0.2, 0.25) is 0 Å². The lowest BCUT2D eigenvalue weighted by Crippen LogP contribution is -2.03. The third-order valence-corrected chi connectivity index (χ3v) is 1.65. The van der Waals surface area contributed by atoms with Crippen LogP contribution in [-0.2, 0) is 6.54 Å². The number of nitrogens with two attached hydrogens (primary N) is 2. The predicted octanol–water partition coefficient (Wildman–Crippen LogP) is 1.88. The first-order valence-electron chi connectivity index (χ1n) is 3.29. The van der Waals surface area contributed by atoms with Crippen LogP contribution in [0.25, 0.3) is 0 Å². The summed E-state index contributed by atoms with van der Waals surface area (Å²) in [7, 11) is 0. The summed E-state index contributed by atoms with van der Waals surface area (Å²) in [6, 6.07) is 5.82. The van der Waals surface area contributed by atoms with Crippen LogP contribution < -0.4 is 11.5 Å². The Bertz CT molecular complexity index is 218. The summed E-state index contributed by atoms with van der Waals surface area (Å²) in [6.07, 6.45) is 0. The van der Waals surface area contributed by atoms with E-state index in [0.717, 1.165) is 11.3 Å². The van der Waals surface area contributed by atoms with Gasteiger partial charge in [0.2, 0.25) is 0 Å². The van der Waals surface area contributed by atoms with E-state index < -0.39 is 0 Å². The van der Waals surface area contributed by atoms with Crippen LogP contribution in [0.15, 0.2) is 18.2 Å². The smallest absolute Gasteiger partial charge is 0.0362 e. The maximum absolute atomic E-state index is 5.65. The average Bonchev–Trinajstić information content (AvgIpc) is 1.88. The molecule has 0 saturated carbocycles. The summed E-state index contributed by atoms with van der Waals surface area (Å²) in [6.45, 7) is 2.54. The molecule has 0 aliphatic heterocycles. The summed E-state index contributed by atoms with van der Waals surface area (Å²) >= 11 is 0. The molecule has 0 aliphatic rings. The highest BCUT2D eigenvalue weighted by Crippen LogP contribution is 2.14. The van der Waals surface area contributed by atoms with Crippen molar-refractivity contribution in [2.75, 3.05) is 5.73 Å². The Morgan fingerprint density at radius 1 is 1.25 bits per heavy atom. The van der Waals surface area contributed by atoms with Gasteiger partial charge in [-0.3, -0.25) is 0 Å². The predicted molar refractivity (Wildman–Crippen MR) is 58.0 cm³/mol. The fourth-order valence-corrected chi connectivity index (χ4v) is 1.00. The minimum atomic E-state index is 0. The molecule has 2 nitrogen and oxygen atoms in total. The van der Waals surface area contributed by atoms with Crippen molar-refractivity contribution < 1.29 is 0 Å². The number of rotatable bonds is 1. The maximum Gasteiger partial charge on any atom is 0.0362 e. The lowest BCUT2D eigenvalue weighted by Gasteiger charge is -2.04. The van der Waals surface area contributed by atoms with Gasteiger partial charge in [-0.15, -0.1) is 24.8 Å². The normalized spacial score (nSPS) is 8.17. The van der Waals surface area contributed by atoms with Crippen LogP contribution in [0.5, 0.6) is 0 Å². The first-order valence-corrected chi connectivity index (χ1v) is 3.29. The Balaban J connectivity index is 0. The lowest BCUT2D eigenvalue weighted by molar-refractivity contribution is 1.05. The number of halogens is 2. The number of anilines is 1. The second kappa shape index (κ2) is 6.12. The molecule has 70 valence electrons. The van der Waals surface area contributed by atoms with Gasteiger partial charge in [-0.25, -0.2) is 0 Å². The van der Waals surface area contributed by atoms with Crippen LogP contribution in [0, 0.1) is 6.92 Å². The van der Waals surface area contributed by atoms with Crippen molar-refractivity contribution >= 4 is 30.5 Å². The van der Waals surface area contributed by atoms with Crippen molar-refractivity contribution in [1.29, 1.82) is 0 Å². The van der Waals surface area contributed by atoms with Crippen molar-refractivity contribution in [2.45, 2.75) is 13.5 Å². The molecule has 4 N–H and O–H groups in total. The first-order chi connectivity index (χ1) is 4.75. The Kier molecular flexibility index (Phi) is 7.19. The van der Waals surface area contributed by atoms with Gasteiger partial charge < -0.3 is 11.5 Å². The van der Waals surface area contributed by atoms with Crippen LogP contribution in [-0.4, -0.2) is 0 Å². The molecule has 0 fully saturated rings. The first kappa shape index (κ1) is 14.1. The van der Waals surface area contributed by atoms with Gasteiger partial charge in [0.05, 0.1) is 0 Å². The van der Waals surface area contributed by atoms with Gasteiger partial charge >= 0.3 is 0 Å². The third-order valence-electron chi connectivity index (χ3n) is 1.65. The highest BCUT2D eigenvalue weighted by Gasteiger charge is 1.97. The highest BCUT2D eigenvalue weighted by molar-refractivity contribution is 5.85. The number of aryl methyl sites for hydroxylation is 1. The fraction of sp³-hybridized carbons (Fsp3) is 0.250. The molecule has 0 atom stereocenters. The summed E-state index contributed by atoms with van der Waals surface area (Å²) in [4.78, 5) is 0. The van der Waals surface area contributed by atoms with Gasteiger partial charge in [0.1, 0.15) is 0 Å². The van der Waals surface area contributed by atoms with Crippen molar-refractivity contribution in [3.05, 3.63) is 29.3 Å². The molecule has 0 heterocycles. The van der Waals surface area contributed by atoms with E-state index in [4.69, 9.17) is 11.5 Å². The highest BCUT2D eigenvalue weighted by atomic mass is 35.5. The molecule has 0 saturated heterocycles. The SMILES string of the molecule is Cc1cccc(N)c1CN.Cl.Cl. The minimum absolute atomic E-state index is 0. The molecule has 0 amide bonds. The molecule has 0 unspecified atom stereocenters. The summed E-state index contributed by atoms with van der Waals surface area (Å²) in [5.41, 5.74) is 14.1. The Hall–Kier alpha value is -0.440. The molecule has 0 spiro atoms. The molecule has 1 aromatic carbocycles. The third kappa shape index (κ3) is 2.89. The van der Waals surface area contributed by atoms with Crippen LogP contribution >= 0.6 is 24.8 Å². The van der Waals surface area contributed by atoms with Gasteiger partial charge in [0.25, 0.3) is 0 Å². The topological polar surface area (TPSA) is 52.0 Å². The van der Waals surface area contributed by atoms with E-state index in [-0.39, 0.29) is 24.8 Å². The maximum atomic E-state index is 5.65. The Morgan fingerprint density at radius 3 is 2.17 bits per heavy atom. The molecule has 12 heavy (non-hydrogen) atoms. The molecule has 4 heteroatoms. The van der Waals surface area contributed by atoms with E-state index in [1.165, 1.54) is 5.56 Å². The molecular formula is C8H14Cl2N2. The van der Waals surface area contributed by atoms with Gasteiger partial charge in [-0.1, -0.05) is 12.1 Å². The van der Waals surface area contributed by atoms with E-state index in [0.29, 0.717) is 6.54 Å². The molecule has 1 rings (SSSR count). The van der Waals surface area contributed by atoms with E-state index in [9.17, 15) is 0 Å². The summed E-state index contributed by atoms with van der Waals surface area (Å²) < 4.78 is 0. The van der Waals surface area contributed by atoms with Crippen LogP contribution in [0.3, 0.4) is 0 Å². The molecule has 0 aliphatic carbocycles. The van der Waals surface area contributed by atoms with E-state index in [1.807, 2.05) is 25.1 Å². The van der Waals surface area contributed by atoms with Gasteiger partial charge in [0.15, 0.2) is 0 Å². The lowest BCUT2D eigenvalue weighted by atomic mass is 10.1. The number of nitrogen functional groups attached to an aromatic ring is 1. The monoisotopic (exact) mass is 208 g/mol. The van der Waals surface area contributed by atoms with Crippen molar-refractivity contribution in [3.63, 3.8) is 0 Å². The Labute approximate surface area is 85.1 Å².